The lowest BCUT2D eigenvalue weighted by Gasteiger charge is -2.46. The second-order valence-corrected chi connectivity index (χ2v) is 7.25. The van der Waals surface area contributed by atoms with Crippen molar-refractivity contribution < 1.29 is 0 Å². The summed E-state index contributed by atoms with van der Waals surface area (Å²) in [6.07, 6.45) is 11.6. The molecule has 1 N–H and O–H groups in total. The van der Waals surface area contributed by atoms with Gasteiger partial charge in [0, 0.05) is 31.2 Å². The van der Waals surface area contributed by atoms with Crippen LogP contribution in [0.15, 0.2) is 0 Å². The van der Waals surface area contributed by atoms with Gasteiger partial charge in [0.25, 0.3) is 0 Å². The Morgan fingerprint density at radius 2 is 1.84 bits per heavy atom. The number of piperazine rings is 1. The monoisotopic (exact) mass is 264 g/mol. The van der Waals surface area contributed by atoms with Gasteiger partial charge in [-0.3, -0.25) is 4.90 Å². The first-order valence-electron chi connectivity index (χ1n) is 8.78. The topological polar surface area (TPSA) is 15.3 Å². The number of nitrogens with one attached hydrogen (secondary N) is 1. The van der Waals surface area contributed by atoms with E-state index in [1.807, 2.05) is 0 Å². The van der Waals surface area contributed by atoms with Crippen molar-refractivity contribution in [3.63, 3.8) is 0 Å². The van der Waals surface area contributed by atoms with Crippen LogP contribution in [-0.4, -0.2) is 36.1 Å². The SMILES string of the molecule is CCC1CNC(C2CC2)CN1C(C)C1CCCCC1. The molecule has 2 nitrogen and oxygen atoms in total. The van der Waals surface area contributed by atoms with Crippen LogP contribution < -0.4 is 5.32 Å². The average Bonchev–Trinajstić information content (AvgIpc) is 3.31. The Hall–Kier alpha value is -0.0800. The molecule has 110 valence electrons. The van der Waals surface area contributed by atoms with Gasteiger partial charge in [0.05, 0.1) is 0 Å². The molecule has 3 unspecified atom stereocenters. The highest BCUT2D eigenvalue weighted by Gasteiger charge is 2.39. The van der Waals surface area contributed by atoms with E-state index in [1.54, 1.807) is 0 Å². The van der Waals surface area contributed by atoms with Crippen LogP contribution in [0.1, 0.15) is 65.2 Å². The molecule has 1 aliphatic heterocycles. The predicted molar refractivity (Wildman–Crippen MR) is 81.3 cm³/mol. The van der Waals surface area contributed by atoms with Gasteiger partial charge in [-0.15, -0.1) is 0 Å². The van der Waals surface area contributed by atoms with Crippen LogP contribution in [0.2, 0.25) is 0 Å². The Kier molecular flexibility index (Phi) is 4.48. The van der Waals surface area contributed by atoms with Crippen LogP contribution >= 0.6 is 0 Å². The van der Waals surface area contributed by atoms with Gasteiger partial charge in [-0.2, -0.15) is 0 Å². The minimum Gasteiger partial charge on any atom is -0.311 e. The van der Waals surface area contributed by atoms with E-state index in [0.29, 0.717) is 0 Å². The molecule has 3 fully saturated rings. The number of nitrogens with zero attached hydrogens (tertiary/aromatic N) is 1. The normalized spacial score (nSPS) is 36.3. The fourth-order valence-corrected chi connectivity index (χ4v) is 4.42. The second kappa shape index (κ2) is 6.13. The van der Waals surface area contributed by atoms with Crippen molar-refractivity contribution >= 4 is 0 Å². The Morgan fingerprint density at radius 3 is 2.47 bits per heavy atom. The molecule has 3 rings (SSSR count). The Bertz CT molecular complexity index is 281. The molecule has 0 aromatic heterocycles. The maximum absolute atomic E-state index is 3.83. The van der Waals surface area contributed by atoms with Crippen molar-refractivity contribution in [2.24, 2.45) is 11.8 Å². The van der Waals surface area contributed by atoms with E-state index >= 15 is 0 Å². The van der Waals surface area contributed by atoms with E-state index in [2.05, 4.69) is 24.1 Å². The molecule has 1 saturated heterocycles. The van der Waals surface area contributed by atoms with E-state index in [-0.39, 0.29) is 0 Å². The lowest BCUT2D eigenvalue weighted by molar-refractivity contribution is 0.0429. The molecule has 0 aromatic rings. The quantitative estimate of drug-likeness (QED) is 0.837. The molecule has 19 heavy (non-hydrogen) atoms. The lowest BCUT2D eigenvalue weighted by atomic mass is 9.83. The standard InChI is InChI=1S/C17H32N2/c1-3-16-11-18-17(15-9-10-15)12-19(16)13(2)14-7-5-4-6-8-14/h13-18H,3-12H2,1-2H3. The number of rotatable bonds is 4. The molecule has 0 spiro atoms. The van der Waals surface area contributed by atoms with Crippen LogP contribution in [0.3, 0.4) is 0 Å². The zero-order valence-electron chi connectivity index (χ0n) is 12.9. The summed E-state index contributed by atoms with van der Waals surface area (Å²) in [5.74, 6) is 1.97. The summed E-state index contributed by atoms with van der Waals surface area (Å²) in [4.78, 5) is 2.88. The van der Waals surface area contributed by atoms with Crippen molar-refractivity contribution in [1.29, 1.82) is 0 Å². The maximum atomic E-state index is 3.83. The van der Waals surface area contributed by atoms with Gasteiger partial charge in [0.2, 0.25) is 0 Å². The largest absolute Gasteiger partial charge is 0.311 e. The molecule has 2 saturated carbocycles. The molecule has 1 heterocycles. The second-order valence-electron chi connectivity index (χ2n) is 7.25. The van der Waals surface area contributed by atoms with Crippen LogP contribution in [0, 0.1) is 11.8 Å². The average molecular weight is 264 g/mol. The molecule has 3 atom stereocenters. The summed E-state index contributed by atoms with van der Waals surface area (Å²) in [5.41, 5.74) is 0. The van der Waals surface area contributed by atoms with Gasteiger partial charge in [0.1, 0.15) is 0 Å². The van der Waals surface area contributed by atoms with Gasteiger partial charge in [0.15, 0.2) is 0 Å². The highest BCUT2D eigenvalue weighted by molar-refractivity contribution is 4.96. The first-order valence-corrected chi connectivity index (χ1v) is 8.78. The molecule has 0 amide bonds. The van der Waals surface area contributed by atoms with E-state index < -0.39 is 0 Å². The molecule has 2 heteroatoms. The highest BCUT2D eigenvalue weighted by atomic mass is 15.3. The fraction of sp³-hybridized carbons (Fsp3) is 1.00. The van der Waals surface area contributed by atoms with Gasteiger partial charge < -0.3 is 5.32 Å². The highest BCUT2D eigenvalue weighted by Crippen LogP contribution is 2.36. The first kappa shape index (κ1) is 13.9. The molecule has 0 aromatic carbocycles. The third kappa shape index (κ3) is 3.16. The molecular weight excluding hydrogens is 232 g/mol. The summed E-state index contributed by atoms with van der Waals surface area (Å²) in [6.45, 7) is 7.44. The summed E-state index contributed by atoms with van der Waals surface area (Å²) < 4.78 is 0. The Balaban J connectivity index is 1.63. The Labute approximate surface area is 119 Å². The minimum atomic E-state index is 0.784. The van der Waals surface area contributed by atoms with Crippen molar-refractivity contribution in [1.82, 2.24) is 10.2 Å². The van der Waals surface area contributed by atoms with Gasteiger partial charge >= 0.3 is 0 Å². The zero-order chi connectivity index (χ0) is 13.2. The minimum absolute atomic E-state index is 0.784. The van der Waals surface area contributed by atoms with Gasteiger partial charge in [-0.1, -0.05) is 26.2 Å². The van der Waals surface area contributed by atoms with Crippen molar-refractivity contribution in [3.8, 4) is 0 Å². The molecule has 3 aliphatic rings. The first-order chi connectivity index (χ1) is 9.29. The van der Waals surface area contributed by atoms with E-state index in [1.165, 1.54) is 64.5 Å². The third-order valence-electron chi connectivity index (χ3n) is 6.01. The van der Waals surface area contributed by atoms with Crippen LogP contribution in [-0.2, 0) is 0 Å². The van der Waals surface area contributed by atoms with Crippen LogP contribution in [0.5, 0.6) is 0 Å². The number of hydrogen-bond donors (Lipinski definition) is 1. The van der Waals surface area contributed by atoms with Gasteiger partial charge in [-0.25, -0.2) is 0 Å². The van der Waals surface area contributed by atoms with Crippen molar-refractivity contribution in [3.05, 3.63) is 0 Å². The third-order valence-corrected chi connectivity index (χ3v) is 6.01. The predicted octanol–water partition coefficient (Wildman–Crippen LogP) is 3.42. The number of hydrogen-bond acceptors (Lipinski definition) is 2. The van der Waals surface area contributed by atoms with Crippen LogP contribution in [0.4, 0.5) is 0 Å². The van der Waals surface area contributed by atoms with Crippen molar-refractivity contribution in [2.45, 2.75) is 83.3 Å². The van der Waals surface area contributed by atoms with E-state index in [0.717, 1.165) is 30.0 Å². The smallest absolute Gasteiger partial charge is 0.0224 e. The fourth-order valence-electron chi connectivity index (χ4n) is 4.42. The lowest BCUT2D eigenvalue weighted by Crippen LogP contribution is -2.60. The Morgan fingerprint density at radius 1 is 1.11 bits per heavy atom. The molecule has 0 bridgehead atoms. The molecule has 0 radical (unpaired) electrons. The summed E-state index contributed by atoms with van der Waals surface area (Å²) in [6, 6.07) is 2.40. The van der Waals surface area contributed by atoms with Gasteiger partial charge in [-0.05, 0) is 50.9 Å². The maximum Gasteiger partial charge on any atom is 0.0224 e. The molecule has 2 aliphatic carbocycles. The van der Waals surface area contributed by atoms with E-state index in [9.17, 15) is 0 Å². The van der Waals surface area contributed by atoms with Crippen molar-refractivity contribution in [2.75, 3.05) is 13.1 Å². The van der Waals surface area contributed by atoms with Crippen LogP contribution in [0.25, 0.3) is 0 Å². The molecular formula is C17H32N2. The summed E-state index contributed by atoms with van der Waals surface area (Å²) in [5, 5.41) is 3.83. The van der Waals surface area contributed by atoms with E-state index in [4.69, 9.17) is 0 Å². The summed E-state index contributed by atoms with van der Waals surface area (Å²) >= 11 is 0. The zero-order valence-corrected chi connectivity index (χ0v) is 12.9. The summed E-state index contributed by atoms with van der Waals surface area (Å²) in [7, 11) is 0.